The number of hydrogen-bond acceptors (Lipinski definition) is 0. The van der Waals surface area contributed by atoms with Gasteiger partial charge in [-0.1, -0.05) is 0 Å². The van der Waals surface area contributed by atoms with Gasteiger partial charge >= 0.3 is 0 Å². The van der Waals surface area contributed by atoms with Gasteiger partial charge in [-0.2, -0.15) is 0 Å². The molecule has 0 aromatic carbocycles. The Morgan fingerprint density at radius 2 is 0.400 bits per heavy atom. The molecule has 0 aromatic heterocycles. The van der Waals surface area contributed by atoms with Gasteiger partial charge in [0.2, 0.25) is 0 Å². The van der Waals surface area contributed by atoms with E-state index in [0.717, 1.165) is 0 Å². The molecule has 0 aliphatic rings. The molecule has 0 fully saturated rings. The molecule has 0 unspecified atom stereocenters. The zero-order valence-corrected chi connectivity index (χ0v) is 8.33. The minimum absolute atomic E-state index is 0. The van der Waals surface area contributed by atoms with Gasteiger partial charge in [-0.05, 0) is 0 Å². The summed E-state index contributed by atoms with van der Waals surface area (Å²) in [5, 5.41) is 0. The van der Waals surface area contributed by atoms with Gasteiger partial charge in [0.25, 0.3) is 0 Å². The summed E-state index contributed by atoms with van der Waals surface area (Å²) in [7, 11) is 0. The molecular weight excluding hydrogens is 226 g/mol. The minimum Gasteiger partial charge on any atom is -0.412 e. The van der Waals surface area contributed by atoms with Crippen molar-refractivity contribution < 1.29 is 81.8 Å². The third-order valence-corrected chi connectivity index (χ3v) is 0. The first-order chi connectivity index (χ1) is 0. The van der Waals surface area contributed by atoms with Gasteiger partial charge in [0.1, 0.15) is 0 Å². The second kappa shape index (κ2) is 36.2. The normalized spacial score (nSPS) is 0. The second-order valence-corrected chi connectivity index (χ2v) is 0. The molecular formula is H6O3Y2. The summed E-state index contributed by atoms with van der Waals surface area (Å²) >= 11 is 0. The van der Waals surface area contributed by atoms with Crippen LogP contribution in [0.5, 0.6) is 0 Å². The van der Waals surface area contributed by atoms with Crippen molar-refractivity contribution in [2.24, 2.45) is 0 Å². The van der Waals surface area contributed by atoms with Gasteiger partial charge in [0, 0.05) is 65.4 Å². The molecule has 30 valence electrons. The van der Waals surface area contributed by atoms with E-state index in [-0.39, 0.29) is 81.8 Å². The van der Waals surface area contributed by atoms with Gasteiger partial charge in [-0.25, -0.2) is 0 Å². The number of rotatable bonds is 0. The van der Waals surface area contributed by atoms with Crippen LogP contribution in [0.3, 0.4) is 0 Å². The van der Waals surface area contributed by atoms with Crippen molar-refractivity contribution in [1.29, 1.82) is 0 Å². The largest absolute Gasteiger partial charge is 0.412 e. The van der Waals surface area contributed by atoms with Gasteiger partial charge in [0.15, 0.2) is 0 Å². The Labute approximate surface area is 80.6 Å². The Bertz CT molecular complexity index is 4.85. The molecule has 2 radical (unpaired) electrons. The summed E-state index contributed by atoms with van der Waals surface area (Å²) in [6.45, 7) is 0. The predicted octanol–water partition coefficient (Wildman–Crippen LogP) is -2.48. The smallest absolute Gasteiger partial charge is 0 e. The van der Waals surface area contributed by atoms with E-state index in [1.807, 2.05) is 0 Å². The van der Waals surface area contributed by atoms with E-state index in [9.17, 15) is 0 Å². The molecule has 0 aromatic rings. The van der Waals surface area contributed by atoms with Crippen LogP contribution in [0.4, 0.5) is 0 Å². The van der Waals surface area contributed by atoms with Gasteiger partial charge in [0.05, 0.1) is 0 Å². The van der Waals surface area contributed by atoms with Crippen molar-refractivity contribution in [3.05, 3.63) is 0 Å². The SMILES string of the molecule is O.O.O.[Y].[Y]. The summed E-state index contributed by atoms with van der Waals surface area (Å²) < 4.78 is 0. The molecule has 3 nitrogen and oxygen atoms in total. The molecule has 0 spiro atoms. The second-order valence-electron chi connectivity index (χ2n) is 0. The van der Waals surface area contributed by atoms with Gasteiger partial charge < -0.3 is 16.4 Å². The fraction of sp³-hybridized carbons (Fsp3) is 0. The Morgan fingerprint density at radius 3 is 0.400 bits per heavy atom. The predicted molar refractivity (Wildman–Crippen MR) is 10.8 cm³/mol. The molecule has 0 aliphatic heterocycles. The van der Waals surface area contributed by atoms with Gasteiger partial charge in [-0.3, -0.25) is 0 Å². The fourth-order valence-electron chi connectivity index (χ4n) is 0. The van der Waals surface area contributed by atoms with Crippen molar-refractivity contribution in [3.63, 3.8) is 0 Å². The van der Waals surface area contributed by atoms with E-state index in [1.165, 1.54) is 0 Å². The maximum atomic E-state index is 0. The number of hydrogen-bond donors (Lipinski definition) is 0. The van der Waals surface area contributed by atoms with E-state index in [2.05, 4.69) is 0 Å². The first-order valence-corrected chi connectivity index (χ1v) is 0. The van der Waals surface area contributed by atoms with Crippen LogP contribution in [0.15, 0.2) is 0 Å². The molecule has 0 rings (SSSR count). The average Bonchev–Trinajstić information content (AvgIpc) is 0. The molecule has 0 saturated carbocycles. The molecule has 6 N–H and O–H groups in total. The summed E-state index contributed by atoms with van der Waals surface area (Å²) in [5.74, 6) is 0. The molecule has 0 atom stereocenters. The average molecular weight is 232 g/mol. The molecule has 5 heavy (non-hydrogen) atoms. The zero-order chi connectivity index (χ0) is 0. The van der Waals surface area contributed by atoms with E-state index >= 15 is 0 Å². The standard InChI is InChI=1S/3H2O.2Y/h3*1H2;;. The Morgan fingerprint density at radius 1 is 0.400 bits per heavy atom. The van der Waals surface area contributed by atoms with Crippen LogP contribution in [0.1, 0.15) is 0 Å². The Hall–Kier alpha value is 2.09. The van der Waals surface area contributed by atoms with E-state index in [0.29, 0.717) is 0 Å². The maximum Gasteiger partial charge on any atom is 0 e. The van der Waals surface area contributed by atoms with Crippen molar-refractivity contribution in [3.8, 4) is 0 Å². The monoisotopic (exact) mass is 232 g/mol. The molecule has 0 amide bonds. The van der Waals surface area contributed by atoms with Gasteiger partial charge in [-0.15, -0.1) is 0 Å². The topological polar surface area (TPSA) is 94.5 Å². The molecule has 0 heterocycles. The quantitative estimate of drug-likeness (QED) is 0.442. The molecule has 0 saturated heterocycles. The van der Waals surface area contributed by atoms with Crippen molar-refractivity contribution in [1.82, 2.24) is 0 Å². The summed E-state index contributed by atoms with van der Waals surface area (Å²) in [4.78, 5) is 0. The third kappa shape index (κ3) is 23.3. The van der Waals surface area contributed by atoms with Crippen LogP contribution in [0, 0.1) is 0 Å². The fourth-order valence-corrected chi connectivity index (χ4v) is 0. The van der Waals surface area contributed by atoms with Crippen LogP contribution in [0.2, 0.25) is 0 Å². The van der Waals surface area contributed by atoms with Crippen molar-refractivity contribution >= 4 is 0 Å². The van der Waals surface area contributed by atoms with Crippen LogP contribution in [-0.2, 0) is 65.4 Å². The molecule has 0 aliphatic carbocycles. The van der Waals surface area contributed by atoms with E-state index in [1.54, 1.807) is 0 Å². The van der Waals surface area contributed by atoms with Crippen molar-refractivity contribution in [2.45, 2.75) is 0 Å². The van der Waals surface area contributed by atoms with Crippen LogP contribution in [0.25, 0.3) is 0 Å². The Kier molecular flexibility index (Phi) is 436. The molecule has 0 bridgehead atoms. The first kappa shape index (κ1) is 60.3. The van der Waals surface area contributed by atoms with E-state index in [4.69, 9.17) is 0 Å². The van der Waals surface area contributed by atoms with Crippen LogP contribution < -0.4 is 0 Å². The van der Waals surface area contributed by atoms with Crippen molar-refractivity contribution in [2.75, 3.05) is 0 Å². The minimum atomic E-state index is 0. The van der Waals surface area contributed by atoms with E-state index < -0.39 is 0 Å². The van der Waals surface area contributed by atoms with Crippen LogP contribution in [-0.4, -0.2) is 16.4 Å². The third-order valence-electron chi connectivity index (χ3n) is 0. The maximum absolute atomic E-state index is 0. The first-order valence-electron chi connectivity index (χ1n) is 0. The summed E-state index contributed by atoms with van der Waals surface area (Å²) in [5.41, 5.74) is 0. The summed E-state index contributed by atoms with van der Waals surface area (Å²) in [6.07, 6.45) is 0. The zero-order valence-electron chi connectivity index (χ0n) is 2.65. The summed E-state index contributed by atoms with van der Waals surface area (Å²) in [6, 6.07) is 0. The molecule has 5 heteroatoms. The Balaban J connectivity index is 0. The van der Waals surface area contributed by atoms with Crippen LogP contribution >= 0.6 is 0 Å².